The molecule has 1 aromatic rings. The molecule has 5 heteroatoms. The first-order valence-electron chi connectivity index (χ1n) is 7.54. The van der Waals surface area contributed by atoms with Gasteiger partial charge in [0.05, 0.1) is 5.56 Å². The van der Waals surface area contributed by atoms with Crippen LogP contribution >= 0.6 is 0 Å². The number of aromatic nitrogens is 1. The highest BCUT2D eigenvalue weighted by atomic mass is 19.4. The molecular weight excluding hydrogens is 277 g/mol. The molecule has 21 heavy (non-hydrogen) atoms. The molecule has 3 heterocycles. The smallest absolute Gasteiger partial charge is 0.350 e. The summed E-state index contributed by atoms with van der Waals surface area (Å²) >= 11 is 0. The summed E-state index contributed by atoms with van der Waals surface area (Å²) in [6, 6.07) is 2.91. The lowest BCUT2D eigenvalue weighted by Gasteiger charge is -2.38. The average molecular weight is 294 g/mol. The fraction of sp³-hybridized carbons (Fsp3) is 0.562. The molecule has 2 bridgehead atoms. The van der Waals surface area contributed by atoms with Crippen LogP contribution in [0.1, 0.15) is 44.1 Å². The predicted molar refractivity (Wildman–Crippen MR) is 74.0 cm³/mol. The Labute approximate surface area is 121 Å². The normalized spacial score (nSPS) is 28.2. The molecule has 2 atom stereocenters. The molecule has 0 spiro atoms. The maximum atomic E-state index is 13.2. The van der Waals surface area contributed by atoms with E-state index < -0.39 is 11.7 Å². The van der Waals surface area contributed by atoms with Gasteiger partial charge in [0.1, 0.15) is 5.82 Å². The number of fused-ring (bicyclic) bond motifs is 2. The van der Waals surface area contributed by atoms with Gasteiger partial charge in [-0.15, -0.1) is 0 Å². The van der Waals surface area contributed by atoms with Gasteiger partial charge in [-0.3, -0.25) is 0 Å². The van der Waals surface area contributed by atoms with Gasteiger partial charge < -0.3 is 4.90 Å². The molecule has 2 aliphatic heterocycles. The van der Waals surface area contributed by atoms with E-state index in [0.29, 0.717) is 0 Å². The lowest BCUT2D eigenvalue weighted by molar-refractivity contribution is -0.137. The van der Waals surface area contributed by atoms with Crippen molar-refractivity contribution >= 4 is 5.82 Å². The van der Waals surface area contributed by atoms with Gasteiger partial charge >= 0.3 is 6.18 Å². The third-order valence-corrected chi connectivity index (χ3v) is 4.92. The Morgan fingerprint density at radius 3 is 2.29 bits per heavy atom. The van der Waals surface area contributed by atoms with Crippen molar-refractivity contribution in [3.05, 3.63) is 35.0 Å². The van der Waals surface area contributed by atoms with E-state index in [1.807, 2.05) is 4.90 Å². The zero-order valence-corrected chi connectivity index (χ0v) is 11.7. The van der Waals surface area contributed by atoms with Crippen LogP contribution in [0.15, 0.2) is 29.5 Å². The number of hydrogen-bond acceptors (Lipinski definition) is 2. The van der Waals surface area contributed by atoms with Gasteiger partial charge in [0.2, 0.25) is 0 Å². The van der Waals surface area contributed by atoms with Crippen molar-refractivity contribution in [2.75, 3.05) is 4.90 Å². The number of piperidine rings is 1. The van der Waals surface area contributed by atoms with Gasteiger partial charge in [-0.1, -0.05) is 11.1 Å². The summed E-state index contributed by atoms with van der Waals surface area (Å²) in [5.41, 5.74) is 2.48. The van der Waals surface area contributed by atoms with Gasteiger partial charge in [-0.2, -0.15) is 13.2 Å². The van der Waals surface area contributed by atoms with Crippen LogP contribution in [0.3, 0.4) is 0 Å². The zero-order valence-electron chi connectivity index (χ0n) is 11.7. The lowest BCUT2D eigenvalue weighted by Crippen LogP contribution is -2.42. The maximum absolute atomic E-state index is 13.2. The Balaban J connectivity index is 1.71. The van der Waals surface area contributed by atoms with Gasteiger partial charge in [0, 0.05) is 18.3 Å². The summed E-state index contributed by atoms with van der Waals surface area (Å²) in [6.07, 6.45) is 3.36. The first kappa shape index (κ1) is 13.2. The maximum Gasteiger partial charge on any atom is 0.419 e. The van der Waals surface area contributed by atoms with E-state index in [4.69, 9.17) is 0 Å². The Bertz CT molecular complexity index is 584. The van der Waals surface area contributed by atoms with E-state index in [9.17, 15) is 13.2 Å². The molecule has 1 aliphatic carbocycles. The first-order valence-corrected chi connectivity index (χ1v) is 7.54. The number of alkyl halides is 3. The van der Waals surface area contributed by atoms with Crippen molar-refractivity contribution in [2.24, 2.45) is 0 Å². The Kier molecular flexibility index (Phi) is 2.81. The highest BCUT2D eigenvalue weighted by molar-refractivity contribution is 5.53. The number of anilines is 1. The second kappa shape index (κ2) is 4.49. The Hall–Kier alpha value is -1.52. The molecule has 0 N–H and O–H groups in total. The standard InChI is InChI=1S/C16H17F3N2/c17-16(18,19)14-2-1-7-20-15(14)21-12-5-6-13(21)9-11(8-12)10-3-4-10/h1-2,7,12-13H,3-6,8-9H2. The van der Waals surface area contributed by atoms with Crippen LogP contribution in [-0.2, 0) is 6.18 Å². The highest BCUT2D eigenvalue weighted by Gasteiger charge is 2.44. The van der Waals surface area contributed by atoms with Gasteiger partial charge in [-0.25, -0.2) is 4.98 Å². The van der Waals surface area contributed by atoms with Crippen molar-refractivity contribution < 1.29 is 13.2 Å². The van der Waals surface area contributed by atoms with Crippen LogP contribution < -0.4 is 4.90 Å². The van der Waals surface area contributed by atoms with Gasteiger partial charge in [0.25, 0.3) is 0 Å². The third kappa shape index (κ3) is 2.23. The molecule has 1 aromatic heterocycles. The van der Waals surface area contributed by atoms with Crippen LogP contribution in [0, 0.1) is 0 Å². The summed E-state index contributed by atoms with van der Waals surface area (Å²) in [6.45, 7) is 0. The van der Waals surface area contributed by atoms with E-state index in [1.54, 1.807) is 5.57 Å². The molecule has 4 rings (SSSR count). The summed E-state index contributed by atoms with van der Waals surface area (Å²) in [5, 5.41) is 0. The minimum Gasteiger partial charge on any atom is -0.350 e. The molecule has 3 fully saturated rings. The monoisotopic (exact) mass is 294 g/mol. The second-order valence-corrected chi connectivity index (χ2v) is 6.28. The van der Waals surface area contributed by atoms with E-state index >= 15 is 0 Å². The van der Waals surface area contributed by atoms with E-state index in [-0.39, 0.29) is 17.9 Å². The molecule has 3 aliphatic rings. The number of halogens is 3. The molecule has 0 radical (unpaired) electrons. The topological polar surface area (TPSA) is 16.1 Å². The van der Waals surface area contributed by atoms with Gasteiger partial charge in [-0.05, 0) is 50.7 Å². The van der Waals surface area contributed by atoms with E-state index in [2.05, 4.69) is 4.98 Å². The number of nitrogens with zero attached hydrogens (tertiary/aromatic N) is 2. The van der Waals surface area contributed by atoms with Crippen molar-refractivity contribution in [3.8, 4) is 0 Å². The minimum absolute atomic E-state index is 0.136. The van der Waals surface area contributed by atoms with Crippen LogP contribution in [-0.4, -0.2) is 17.1 Å². The van der Waals surface area contributed by atoms with Crippen molar-refractivity contribution in [2.45, 2.75) is 56.8 Å². The largest absolute Gasteiger partial charge is 0.419 e. The third-order valence-electron chi connectivity index (χ3n) is 4.92. The molecule has 2 saturated heterocycles. The SMILES string of the molecule is FC(F)(F)c1cccnc1N1C2CCC1CC(=C1CC1)C2. The van der Waals surface area contributed by atoms with Crippen LogP contribution in [0.5, 0.6) is 0 Å². The van der Waals surface area contributed by atoms with Crippen molar-refractivity contribution in [1.82, 2.24) is 4.98 Å². The van der Waals surface area contributed by atoms with Crippen LogP contribution in [0.2, 0.25) is 0 Å². The molecular formula is C16H17F3N2. The van der Waals surface area contributed by atoms with E-state index in [1.165, 1.54) is 30.7 Å². The minimum atomic E-state index is -4.34. The molecule has 112 valence electrons. The second-order valence-electron chi connectivity index (χ2n) is 6.28. The molecule has 0 amide bonds. The number of rotatable bonds is 1. The summed E-state index contributed by atoms with van der Waals surface area (Å²) in [5.74, 6) is 0.136. The summed E-state index contributed by atoms with van der Waals surface area (Å²) < 4.78 is 39.7. The Morgan fingerprint density at radius 1 is 1.05 bits per heavy atom. The average Bonchev–Trinajstić information content (AvgIpc) is 3.24. The lowest BCUT2D eigenvalue weighted by atomic mass is 9.95. The molecule has 0 aromatic carbocycles. The summed E-state index contributed by atoms with van der Waals surface area (Å²) in [4.78, 5) is 6.04. The zero-order chi connectivity index (χ0) is 14.6. The first-order chi connectivity index (χ1) is 10.0. The van der Waals surface area contributed by atoms with Gasteiger partial charge in [0.15, 0.2) is 0 Å². The molecule has 1 saturated carbocycles. The van der Waals surface area contributed by atoms with Crippen LogP contribution in [0.25, 0.3) is 0 Å². The predicted octanol–water partition coefficient (Wildman–Crippen LogP) is 4.32. The number of hydrogen-bond donors (Lipinski definition) is 0. The highest BCUT2D eigenvalue weighted by Crippen LogP contribution is 2.47. The fourth-order valence-electron chi connectivity index (χ4n) is 3.89. The molecule has 2 nitrogen and oxygen atoms in total. The summed E-state index contributed by atoms with van der Waals surface area (Å²) in [7, 11) is 0. The number of allylic oxidation sites excluding steroid dienone is 1. The van der Waals surface area contributed by atoms with Crippen LogP contribution in [0.4, 0.5) is 19.0 Å². The number of pyridine rings is 1. The molecule has 2 unspecified atom stereocenters. The van der Waals surface area contributed by atoms with Crippen molar-refractivity contribution in [1.29, 1.82) is 0 Å². The fourth-order valence-corrected chi connectivity index (χ4v) is 3.89. The van der Waals surface area contributed by atoms with Crippen molar-refractivity contribution in [3.63, 3.8) is 0 Å². The van der Waals surface area contributed by atoms with E-state index in [0.717, 1.165) is 31.7 Å². The Morgan fingerprint density at radius 2 is 1.71 bits per heavy atom. The quantitative estimate of drug-likeness (QED) is 0.717.